The Morgan fingerprint density at radius 3 is 1.91 bits per heavy atom. The molecule has 0 aromatic carbocycles. The van der Waals surface area contributed by atoms with Gasteiger partial charge in [-0.15, -0.1) is 0 Å². The van der Waals surface area contributed by atoms with Crippen LogP contribution in [0, 0.1) is 0 Å². The van der Waals surface area contributed by atoms with E-state index < -0.39 is 0 Å². The molecule has 11 heavy (non-hydrogen) atoms. The smallest absolute Gasteiger partial charge is 0.0398 e. The summed E-state index contributed by atoms with van der Waals surface area (Å²) < 4.78 is 0. The Kier molecular flexibility index (Phi) is 14.0. The Hall–Kier alpha value is -0.780. The normalized spacial score (nSPS) is 11.9. The van der Waals surface area contributed by atoms with E-state index in [2.05, 4.69) is 19.1 Å². The van der Waals surface area contributed by atoms with Crippen LogP contribution in [-0.4, -0.2) is 0 Å². The number of hydrogen-bond acceptors (Lipinski definition) is 0. The average Bonchev–Trinajstić information content (AvgIpc) is 2.05. The summed E-state index contributed by atoms with van der Waals surface area (Å²) in [6.45, 7) is 10.1. The monoisotopic (exact) mass is 152 g/mol. The van der Waals surface area contributed by atoms with Gasteiger partial charge >= 0.3 is 0 Å². The van der Waals surface area contributed by atoms with E-state index in [0.717, 1.165) is 0 Å². The SMILES string of the molecule is C/C=C/C=C(C)\C=C\C.CC. The molecule has 0 atom stereocenters. The first-order valence-corrected chi connectivity index (χ1v) is 4.23. The molecule has 0 fully saturated rings. The predicted molar refractivity (Wildman–Crippen MR) is 54.7 cm³/mol. The highest BCUT2D eigenvalue weighted by atomic mass is 13.8. The molecule has 0 amide bonds. The fourth-order valence-corrected chi connectivity index (χ4v) is 0.566. The van der Waals surface area contributed by atoms with Crippen LogP contribution in [0.4, 0.5) is 0 Å². The highest BCUT2D eigenvalue weighted by Gasteiger charge is 1.72. The molecule has 64 valence electrons. The van der Waals surface area contributed by atoms with Gasteiger partial charge in [0.05, 0.1) is 0 Å². The average molecular weight is 152 g/mol. The van der Waals surface area contributed by atoms with E-state index in [9.17, 15) is 0 Å². The lowest BCUT2D eigenvalue weighted by Gasteiger charge is -1.83. The second-order valence-corrected chi connectivity index (χ2v) is 1.94. The van der Waals surface area contributed by atoms with Crippen molar-refractivity contribution in [3.63, 3.8) is 0 Å². The van der Waals surface area contributed by atoms with E-state index in [1.807, 2.05) is 45.9 Å². The molecule has 0 unspecified atom stereocenters. The third-order valence-electron chi connectivity index (χ3n) is 0.981. The maximum atomic E-state index is 2.08. The third-order valence-corrected chi connectivity index (χ3v) is 0.981. The van der Waals surface area contributed by atoms with Crippen molar-refractivity contribution in [1.29, 1.82) is 0 Å². The molecule has 0 aromatic heterocycles. The van der Waals surface area contributed by atoms with Crippen molar-refractivity contribution in [3.05, 3.63) is 36.0 Å². The van der Waals surface area contributed by atoms with E-state index in [1.165, 1.54) is 5.57 Å². The summed E-state index contributed by atoms with van der Waals surface area (Å²) in [5.74, 6) is 0. The van der Waals surface area contributed by atoms with Crippen LogP contribution in [0.15, 0.2) is 36.0 Å². The van der Waals surface area contributed by atoms with E-state index in [4.69, 9.17) is 0 Å². The highest BCUT2D eigenvalue weighted by Crippen LogP contribution is 1.93. The minimum absolute atomic E-state index is 1.29. The fraction of sp³-hybridized carbons (Fsp3) is 0.455. The molecule has 0 saturated carbocycles. The van der Waals surface area contributed by atoms with Crippen LogP contribution in [-0.2, 0) is 0 Å². The molecule has 0 aliphatic carbocycles. The second kappa shape index (κ2) is 12.0. The van der Waals surface area contributed by atoms with Crippen molar-refractivity contribution in [3.8, 4) is 0 Å². The van der Waals surface area contributed by atoms with Crippen LogP contribution in [0.3, 0.4) is 0 Å². The van der Waals surface area contributed by atoms with Gasteiger partial charge in [-0.1, -0.05) is 49.8 Å². The minimum Gasteiger partial charge on any atom is -0.0877 e. The van der Waals surface area contributed by atoms with Crippen molar-refractivity contribution in [2.75, 3.05) is 0 Å². The van der Waals surface area contributed by atoms with Gasteiger partial charge in [0.25, 0.3) is 0 Å². The van der Waals surface area contributed by atoms with Gasteiger partial charge < -0.3 is 0 Å². The quantitative estimate of drug-likeness (QED) is 0.522. The lowest BCUT2D eigenvalue weighted by molar-refractivity contribution is 1.50. The van der Waals surface area contributed by atoms with Gasteiger partial charge in [0, 0.05) is 0 Å². The molecule has 0 aliphatic rings. The fourth-order valence-electron chi connectivity index (χ4n) is 0.566. The standard InChI is InChI=1S/C9H14.C2H6/c1-4-6-8-9(3)7-5-2;1-2/h4-8H,1-3H3;1-2H3/b6-4+,7-5+,9-8-;. The molecule has 0 nitrogen and oxygen atoms in total. The first-order valence-electron chi connectivity index (χ1n) is 4.23. The van der Waals surface area contributed by atoms with Crippen LogP contribution in [0.5, 0.6) is 0 Å². The Morgan fingerprint density at radius 2 is 1.55 bits per heavy atom. The van der Waals surface area contributed by atoms with E-state index >= 15 is 0 Å². The zero-order valence-corrected chi connectivity index (χ0v) is 8.39. The first kappa shape index (κ1) is 12.9. The Labute approximate surface area is 71.3 Å². The van der Waals surface area contributed by atoms with Crippen molar-refractivity contribution in [2.24, 2.45) is 0 Å². The molecule has 0 rings (SSSR count). The molecule has 0 spiro atoms. The van der Waals surface area contributed by atoms with E-state index in [-0.39, 0.29) is 0 Å². The van der Waals surface area contributed by atoms with Gasteiger partial charge in [-0.3, -0.25) is 0 Å². The number of rotatable bonds is 2. The van der Waals surface area contributed by atoms with Crippen LogP contribution in [0.2, 0.25) is 0 Å². The summed E-state index contributed by atoms with van der Waals surface area (Å²) in [5, 5.41) is 0. The molecule has 0 saturated heterocycles. The van der Waals surface area contributed by atoms with Crippen LogP contribution in [0.1, 0.15) is 34.6 Å². The van der Waals surface area contributed by atoms with Crippen molar-refractivity contribution in [1.82, 2.24) is 0 Å². The first-order chi connectivity index (χ1) is 5.31. The zero-order valence-electron chi connectivity index (χ0n) is 8.39. The summed E-state index contributed by atoms with van der Waals surface area (Å²) in [5.41, 5.74) is 1.29. The Morgan fingerprint density at radius 1 is 1.00 bits per heavy atom. The van der Waals surface area contributed by atoms with Crippen LogP contribution in [0.25, 0.3) is 0 Å². The molecular weight excluding hydrogens is 132 g/mol. The lowest BCUT2D eigenvalue weighted by atomic mass is 10.2. The molecule has 0 aliphatic heterocycles. The second-order valence-electron chi connectivity index (χ2n) is 1.94. The van der Waals surface area contributed by atoms with Gasteiger partial charge in [0.1, 0.15) is 0 Å². The summed E-state index contributed by atoms with van der Waals surface area (Å²) >= 11 is 0. The summed E-state index contributed by atoms with van der Waals surface area (Å²) in [6, 6.07) is 0. The topological polar surface area (TPSA) is 0 Å². The van der Waals surface area contributed by atoms with Gasteiger partial charge in [0.2, 0.25) is 0 Å². The summed E-state index contributed by atoms with van der Waals surface area (Å²) in [7, 11) is 0. The highest BCUT2D eigenvalue weighted by molar-refractivity contribution is 5.20. The van der Waals surface area contributed by atoms with Gasteiger partial charge in [-0.05, 0) is 20.8 Å². The Bertz CT molecular complexity index is 136. The zero-order chi connectivity index (χ0) is 9.11. The largest absolute Gasteiger partial charge is 0.0877 e. The minimum atomic E-state index is 1.29. The maximum absolute atomic E-state index is 2.08. The summed E-state index contributed by atoms with van der Waals surface area (Å²) in [6.07, 6.45) is 10.3. The molecular formula is C11H20. The predicted octanol–water partition coefficient (Wildman–Crippen LogP) is 4.11. The Balaban J connectivity index is 0. The van der Waals surface area contributed by atoms with Gasteiger partial charge in [-0.25, -0.2) is 0 Å². The van der Waals surface area contributed by atoms with E-state index in [1.54, 1.807) is 0 Å². The number of hydrogen-bond donors (Lipinski definition) is 0. The van der Waals surface area contributed by atoms with Crippen molar-refractivity contribution >= 4 is 0 Å². The molecule has 0 aromatic rings. The number of allylic oxidation sites excluding steroid dienone is 6. The van der Waals surface area contributed by atoms with Gasteiger partial charge in [-0.2, -0.15) is 0 Å². The van der Waals surface area contributed by atoms with Crippen molar-refractivity contribution < 1.29 is 0 Å². The molecule has 0 N–H and O–H groups in total. The van der Waals surface area contributed by atoms with Gasteiger partial charge in [0.15, 0.2) is 0 Å². The third kappa shape index (κ3) is 12.4. The summed E-state index contributed by atoms with van der Waals surface area (Å²) in [4.78, 5) is 0. The van der Waals surface area contributed by atoms with Crippen LogP contribution >= 0.6 is 0 Å². The van der Waals surface area contributed by atoms with E-state index in [0.29, 0.717) is 0 Å². The van der Waals surface area contributed by atoms with Crippen LogP contribution < -0.4 is 0 Å². The maximum Gasteiger partial charge on any atom is -0.0398 e. The molecule has 0 radical (unpaired) electrons. The molecule has 0 bridgehead atoms. The van der Waals surface area contributed by atoms with Crippen molar-refractivity contribution in [2.45, 2.75) is 34.6 Å². The molecule has 0 heterocycles. The molecule has 0 heteroatoms. The lowest BCUT2D eigenvalue weighted by Crippen LogP contribution is -1.62.